The average Bonchev–Trinajstić information content (AvgIpc) is 3.03. The van der Waals surface area contributed by atoms with E-state index in [1.165, 1.54) is 12.1 Å². The van der Waals surface area contributed by atoms with Gasteiger partial charge in [0.15, 0.2) is 0 Å². The number of anilines is 1. The molecule has 5 nitrogen and oxygen atoms in total. The molecule has 1 unspecified atom stereocenters. The zero-order valence-electron chi connectivity index (χ0n) is 16.2. The molecule has 0 spiro atoms. The zero-order chi connectivity index (χ0) is 20.1. The Morgan fingerprint density at radius 3 is 2.64 bits per heavy atom. The van der Waals surface area contributed by atoms with Crippen LogP contribution in [0.15, 0.2) is 48.5 Å². The molecule has 3 rings (SSSR count). The van der Waals surface area contributed by atoms with Gasteiger partial charge in [0.05, 0.1) is 17.7 Å². The number of amides is 2. The van der Waals surface area contributed by atoms with Crippen molar-refractivity contribution in [1.29, 1.82) is 0 Å². The van der Waals surface area contributed by atoms with E-state index in [-0.39, 0.29) is 30.2 Å². The monoisotopic (exact) mass is 384 g/mol. The maximum Gasteiger partial charge on any atom is 0.229 e. The summed E-state index contributed by atoms with van der Waals surface area (Å²) in [6, 6.07) is 13.5. The van der Waals surface area contributed by atoms with Gasteiger partial charge in [-0.05, 0) is 50.1 Å². The molecular weight excluding hydrogens is 359 g/mol. The van der Waals surface area contributed by atoms with Crippen molar-refractivity contribution in [2.75, 3.05) is 18.4 Å². The normalized spacial score (nSPS) is 16.5. The van der Waals surface area contributed by atoms with Gasteiger partial charge in [0.25, 0.3) is 0 Å². The van der Waals surface area contributed by atoms with Crippen LogP contribution in [0.5, 0.6) is 5.75 Å². The molecule has 2 aromatic rings. The van der Waals surface area contributed by atoms with Gasteiger partial charge in [-0.15, -0.1) is 0 Å². The molecule has 1 saturated heterocycles. The summed E-state index contributed by atoms with van der Waals surface area (Å²) in [6.45, 7) is 4.75. The van der Waals surface area contributed by atoms with Gasteiger partial charge in [-0.25, -0.2) is 4.39 Å². The van der Waals surface area contributed by atoms with Gasteiger partial charge >= 0.3 is 0 Å². The molecule has 1 atom stereocenters. The number of hydrogen-bond acceptors (Lipinski definition) is 3. The Morgan fingerprint density at radius 2 is 1.93 bits per heavy atom. The summed E-state index contributed by atoms with van der Waals surface area (Å²) < 4.78 is 18.7. The number of carbonyl (C=O) groups excluding carboxylic acids is 2. The van der Waals surface area contributed by atoms with E-state index in [1.54, 1.807) is 23.1 Å². The highest BCUT2D eigenvalue weighted by molar-refractivity contribution is 5.98. The van der Waals surface area contributed by atoms with Crippen LogP contribution < -0.4 is 10.1 Å². The first-order valence-electron chi connectivity index (χ1n) is 9.51. The van der Waals surface area contributed by atoms with Crippen LogP contribution in [-0.2, 0) is 16.0 Å². The fraction of sp³-hybridized carbons (Fsp3) is 0.364. The van der Waals surface area contributed by atoms with Crippen LogP contribution in [0, 0.1) is 11.7 Å². The van der Waals surface area contributed by atoms with Gasteiger partial charge in [0.2, 0.25) is 11.8 Å². The van der Waals surface area contributed by atoms with Crippen molar-refractivity contribution >= 4 is 17.5 Å². The predicted molar refractivity (Wildman–Crippen MR) is 106 cm³/mol. The third kappa shape index (κ3) is 5.09. The van der Waals surface area contributed by atoms with Crippen molar-refractivity contribution in [3.05, 3.63) is 59.9 Å². The molecule has 0 aromatic heterocycles. The first kappa shape index (κ1) is 19.9. The van der Waals surface area contributed by atoms with E-state index in [0.29, 0.717) is 30.9 Å². The molecule has 1 aliphatic heterocycles. The Morgan fingerprint density at radius 1 is 1.21 bits per heavy atom. The summed E-state index contributed by atoms with van der Waals surface area (Å²) in [6.07, 6.45) is 0.821. The first-order chi connectivity index (χ1) is 13.4. The van der Waals surface area contributed by atoms with Gasteiger partial charge < -0.3 is 15.0 Å². The maximum atomic E-state index is 13.0. The van der Waals surface area contributed by atoms with Gasteiger partial charge in [-0.1, -0.05) is 24.3 Å². The molecule has 0 saturated carbocycles. The first-order valence-corrected chi connectivity index (χ1v) is 9.51. The number of ether oxygens (including phenoxy) is 1. The van der Waals surface area contributed by atoms with Crippen molar-refractivity contribution in [2.24, 2.45) is 5.92 Å². The molecule has 0 bridgehead atoms. The lowest BCUT2D eigenvalue weighted by Gasteiger charge is -2.18. The predicted octanol–water partition coefficient (Wildman–Crippen LogP) is 3.64. The lowest BCUT2D eigenvalue weighted by molar-refractivity contribution is -0.128. The highest BCUT2D eigenvalue weighted by Crippen LogP contribution is 2.27. The van der Waals surface area contributed by atoms with E-state index in [1.807, 2.05) is 32.0 Å². The molecule has 1 fully saturated rings. The van der Waals surface area contributed by atoms with Crippen molar-refractivity contribution in [1.82, 2.24) is 4.90 Å². The molecule has 148 valence electrons. The molecule has 1 N–H and O–H groups in total. The van der Waals surface area contributed by atoms with Crippen LogP contribution in [0.1, 0.15) is 25.8 Å². The summed E-state index contributed by atoms with van der Waals surface area (Å²) >= 11 is 0. The Hall–Kier alpha value is -2.89. The van der Waals surface area contributed by atoms with Crippen LogP contribution in [-0.4, -0.2) is 35.9 Å². The highest BCUT2D eigenvalue weighted by Gasteiger charge is 2.34. The second-order valence-corrected chi connectivity index (χ2v) is 7.27. The van der Waals surface area contributed by atoms with Gasteiger partial charge in [0.1, 0.15) is 11.6 Å². The Bertz CT molecular complexity index is 836. The minimum Gasteiger partial charge on any atom is -0.489 e. The number of halogens is 1. The Kier molecular flexibility index (Phi) is 6.29. The van der Waals surface area contributed by atoms with Crippen LogP contribution in [0.2, 0.25) is 0 Å². The van der Waals surface area contributed by atoms with Gasteiger partial charge in [-0.2, -0.15) is 0 Å². The standard InChI is InChI=1S/C22H25FN2O3/c1-15(2)28-20-6-4-3-5-19(20)24-22(27)17-13-21(26)25(14-17)12-11-16-7-9-18(23)10-8-16/h3-10,15,17H,11-14H2,1-2H3,(H,24,27). The van der Waals surface area contributed by atoms with Gasteiger partial charge in [-0.3, -0.25) is 9.59 Å². The van der Waals surface area contributed by atoms with Crippen LogP contribution in [0.3, 0.4) is 0 Å². The van der Waals surface area contributed by atoms with E-state index in [2.05, 4.69) is 5.32 Å². The smallest absolute Gasteiger partial charge is 0.229 e. The third-order valence-corrected chi connectivity index (χ3v) is 4.68. The number of nitrogens with zero attached hydrogens (tertiary/aromatic N) is 1. The van der Waals surface area contributed by atoms with Crippen molar-refractivity contribution in [2.45, 2.75) is 32.8 Å². The fourth-order valence-corrected chi connectivity index (χ4v) is 3.24. The average molecular weight is 384 g/mol. The summed E-state index contributed by atoms with van der Waals surface area (Å²) in [5.41, 5.74) is 1.57. The Labute approximate surface area is 164 Å². The fourth-order valence-electron chi connectivity index (χ4n) is 3.24. The van der Waals surface area contributed by atoms with Crippen molar-refractivity contribution in [3.63, 3.8) is 0 Å². The SMILES string of the molecule is CC(C)Oc1ccccc1NC(=O)C1CC(=O)N(CCc2ccc(F)cc2)C1. The number of hydrogen-bond donors (Lipinski definition) is 1. The summed E-state index contributed by atoms with van der Waals surface area (Å²) in [7, 11) is 0. The molecule has 2 aromatic carbocycles. The van der Waals surface area contributed by atoms with Crippen molar-refractivity contribution < 1.29 is 18.7 Å². The molecule has 1 heterocycles. The summed E-state index contributed by atoms with van der Waals surface area (Å²) in [5, 5.41) is 2.89. The van der Waals surface area contributed by atoms with Crippen LogP contribution in [0.25, 0.3) is 0 Å². The molecule has 6 heteroatoms. The van der Waals surface area contributed by atoms with Crippen molar-refractivity contribution in [3.8, 4) is 5.75 Å². The molecule has 0 radical (unpaired) electrons. The largest absolute Gasteiger partial charge is 0.489 e. The quantitative estimate of drug-likeness (QED) is 0.793. The van der Waals surface area contributed by atoms with E-state index in [4.69, 9.17) is 4.74 Å². The second-order valence-electron chi connectivity index (χ2n) is 7.27. The van der Waals surface area contributed by atoms with E-state index >= 15 is 0 Å². The van der Waals surface area contributed by atoms with Crippen LogP contribution >= 0.6 is 0 Å². The number of nitrogens with one attached hydrogen (secondary N) is 1. The zero-order valence-corrected chi connectivity index (χ0v) is 16.2. The van der Waals surface area contributed by atoms with Gasteiger partial charge in [0, 0.05) is 19.5 Å². The Balaban J connectivity index is 1.57. The number of carbonyl (C=O) groups is 2. The summed E-state index contributed by atoms with van der Waals surface area (Å²) in [5.74, 6) is -0.276. The summed E-state index contributed by atoms with van der Waals surface area (Å²) in [4.78, 5) is 26.7. The minimum atomic E-state index is -0.396. The highest BCUT2D eigenvalue weighted by atomic mass is 19.1. The number of rotatable bonds is 7. The van der Waals surface area contributed by atoms with E-state index < -0.39 is 5.92 Å². The molecule has 1 aliphatic rings. The molecular formula is C22H25FN2O3. The maximum absolute atomic E-state index is 13.0. The number of likely N-dealkylation sites (tertiary alicyclic amines) is 1. The number of para-hydroxylation sites is 2. The molecule has 2 amide bonds. The molecule has 28 heavy (non-hydrogen) atoms. The van der Waals surface area contributed by atoms with E-state index in [0.717, 1.165) is 5.56 Å². The lowest BCUT2D eigenvalue weighted by atomic mass is 10.1. The van der Waals surface area contributed by atoms with Crippen LogP contribution in [0.4, 0.5) is 10.1 Å². The second kappa shape index (κ2) is 8.87. The topological polar surface area (TPSA) is 58.6 Å². The molecule has 0 aliphatic carbocycles. The minimum absolute atomic E-state index is 0.00642. The third-order valence-electron chi connectivity index (χ3n) is 4.68. The lowest BCUT2D eigenvalue weighted by Crippen LogP contribution is -2.30. The number of benzene rings is 2. The van der Waals surface area contributed by atoms with E-state index in [9.17, 15) is 14.0 Å².